The minimum Gasteiger partial charge on any atom is -0.342 e. The fraction of sp³-hybridized carbons (Fsp3) is 0.433. The molecule has 1 aliphatic heterocycles. The molecule has 3 aromatic heterocycles. The Labute approximate surface area is 251 Å². The molecule has 4 heterocycles. The van der Waals surface area contributed by atoms with Crippen LogP contribution in [0.25, 0.3) is 5.65 Å². The fourth-order valence-electron chi connectivity index (χ4n) is 6.00. The quantitative estimate of drug-likeness (QED) is 0.263. The molecule has 1 saturated heterocycles. The van der Waals surface area contributed by atoms with Gasteiger partial charge in [-0.1, -0.05) is 47.6 Å². The fourth-order valence-corrected chi connectivity index (χ4v) is 8.22. The topological polar surface area (TPSA) is 75.4 Å². The average molecular weight is 613 g/mol. The maximum Gasteiger partial charge on any atom is 0.211 e. The number of aromatic nitrogens is 4. The predicted octanol–water partition coefficient (Wildman–Crippen LogP) is 6.64. The monoisotopic (exact) mass is 612 g/mol. The van der Waals surface area contributed by atoms with Gasteiger partial charge >= 0.3 is 0 Å². The second kappa shape index (κ2) is 10.9. The largest absolute Gasteiger partial charge is 0.342 e. The van der Waals surface area contributed by atoms with Crippen molar-refractivity contribution in [2.45, 2.75) is 74.2 Å². The zero-order valence-corrected chi connectivity index (χ0v) is 26.0. The van der Waals surface area contributed by atoms with Gasteiger partial charge in [-0.2, -0.15) is 0 Å². The summed E-state index contributed by atoms with van der Waals surface area (Å²) in [6, 6.07) is 10.4. The molecule has 1 N–H and O–H groups in total. The molecule has 2 aliphatic rings. The van der Waals surface area contributed by atoms with Gasteiger partial charge in [0.15, 0.2) is 5.65 Å². The van der Waals surface area contributed by atoms with Crippen LogP contribution >= 0.6 is 23.4 Å². The maximum atomic E-state index is 14.5. The highest BCUT2D eigenvalue weighted by atomic mass is 35.5. The standard InChI is InChI=1S/C30H34ClFN6OS2/c1-19-24(31)23(9-12-33-19)40-25-22(18-32)35-28(38-16-13-34-27(25)38)37-14-10-30(11-15-37)17-20-7-5-6-8-21(20)26(30)36-41(39)29(2,3)4/h5-9,12-13,16,26,36H,10-11,14-15,17-18H2,1-4H3/t26-,41-/m1/s1. The van der Waals surface area contributed by atoms with Crippen LogP contribution in [0.4, 0.5) is 10.3 Å². The molecule has 0 radical (unpaired) electrons. The van der Waals surface area contributed by atoms with Gasteiger partial charge in [0, 0.05) is 36.6 Å². The number of pyridine rings is 1. The van der Waals surface area contributed by atoms with E-state index in [1.807, 2.05) is 44.4 Å². The Morgan fingerprint density at radius 2 is 1.93 bits per heavy atom. The number of hydrogen-bond donors (Lipinski definition) is 1. The van der Waals surface area contributed by atoms with Crippen molar-refractivity contribution >= 4 is 45.9 Å². The minimum atomic E-state index is -1.19. The van der Waals surface area contributed by atoms with Crippen molar-refractivity contribution in [3.05, 3.63) is 76.5 Å². The average Bonchev–Trinajstić information content (AvgIpc) is 3.55. The number of imidazole rings is 1. The Morgan fingerprint density at radius 1 is 1.17 bits per heavy atom. The van der Waals surface area contributed by atoms with Gasteiger partial charge in [0.25, 0.3) is 0 Å². The Balaban J connectivity index is 1.30. The number of alkyl halides is 1. The molecule has 0 amide bonds. The number of hydrogen-bond acceptors (Lipinski definition) is 6. The van der Waals surface area contributed by atoms with Crippen LogP contribution in [0.1, 0.15) is 62.2 Å². The van der Waals surface area contributed by atoms with E-state index >= 15 is 0 Å². The lowest BCUT2D eigenvalue weighted by Gasteiger charge is -2.44. The zero-order chi connectivity index (χ0) is 28.9. The first kappa shape index (κ1) is 28.6. The number of anilines is 1. The molecule has 2 atom stereocenters. The lowest BCUT2D eigenvalue weighted by molar-refractivity contribution is 0.176. The molecular formula is C30H34ClFN6OS2. The number of rotatable bonds is 6. The van der Waals surface area contributed by atoms with Gasteiger partial charge in [0.05, 0.1) is 43.1 Å². The van der Waals surface area contributed by atoms with Crippen LogP contribution in [-0.2, 0) is 24.1 Å². The van der Waals surface area contributed by atoms with E-state index in [0.717, 1.165) is 42.9 Å². The summed E-state index contributed by atoms with van der Waals surface area (Å²) in [5, 5.41) is 0.547. The SMILES string of the molecule is Cc1nccc(Sc2c(CF)nc(N3CCC4(CC3)Cc3ccccc3[C@H]4N[S@](=O)C(C)(C)C)n3ccnc23)c1Cl. The molecule has 1 spiro atoms. The zero-order valence-electron chi connectivity index (χ0n) is 23.7. The third kappa shape index (κ3) is 5.17. The number of nitrogens with one attached hydrogen (secondary N) is 1. The van der Waals surface area contributed by atoms with Crippen LogP contribution in [0, 0.1) is 12.3 Å². The molecule has 4 aromatic rings. The lowest BCUT2D eigenvalue weighted by atomic mass is 9.73. The molecule has 0 saturated carbocycles. The molecule has 6 rings (SSSR count). The van der Waals surface area contributed by atoms with Crippen LogP contribution in [0.5, 0.6) is 0 Å². The first-order valence-electron chi connectivity index (χ1n) is 13.8. The molecular weight excluding hydrogens is 579 g/mol. The van der Waals surface area contributed by atoms with E-state index in [4.69, 9.17) is 16.6 Å². The van der Waals surface area contributed by atoms with Gasteiger partial charge < -0.3 is 4.90 Å². The van der Waals surface area contributed by atoms with Crippen LogP contribution in [0.2, 0.25) is 5.02 Å². The third-order valence-electron chi connectivity index (χ3n) is 8.27. The number of piperidine rings is 1. The predicted molar refractivity (Wildman–Crippen MR) is 164 cm³/mol. The van der Waals surface area contributed by atoms with Crippen molar-refractivity contribution in [3.8, 4) is 0 Å². The van der Waals surface area contributed by atoms with E-state index in [0.29, 0.717) is 27.2 Å². The molecule has 1 aromatic carbocycles. The van der Waals surface area contributed by atoms with Gasteiger partial charge in [-0.15, -0.1) is 0 Å². The van der Waals surface area contributed by atoms with Crippen molar-refractivity contribution in [2.24, 2.45) is 5.41 Å². The highest BCUT2D eigenvalue weighted by molar-refractivity contribution is 7.99. The number of fused-ring (bicyclic) bond motifs is 2. The van der Waals surface area contributed by atoms with Crippen molar-refractivity contribution in [1.82, 2.24) is 24.1 Å². The molecule has 1 fully saturated rings. The van der Waals surface area contributed by atoms with Crippen LogP contribution in [0.15, 0.2) is 58.7 Å². The summed E-state index contributed by atoms with van der Waals surface area (Å²) >= 11 is 7.89. The van der Waals surface area contributed by atoms with E-state index < -0.39 is 17.7 Å². The molecule has 0 unspecified atom stereocenters. The van der Waals surface area contributed by atoms with Gasteiger partial charge in [-0.3, -0.25) is 9.38 Å². The third-order valence-corrected chi connectivity index (χ3v) is 11.6. The molecule has 0 bridgehead atoms. The Morgan fingerprint density at radius 3 is 2.66 bits per heavy atom. The molecule has 216 valence electrons. The Bertz CT molecular complexity index is 1630. The number of benzene rings is 1. The van der Waals surface area contributed by atoms with Crippen molar-refractivity contribution < 1.29 is 8.60 Å². The molecule has 41 heavy (non-hydrogen) atoms. The number of nitrogens with zero attached hydrogens (tertiary/aromatic N) is 5. The second-order valence-electron chi connectivity index (χ2n) is 11.9. The summed E-state index contributed by atoms with van der Waals surface area (Å²) in [6.07, 6.45) is 8.05. The normalized spacial score (nSPS) is 19.2. The Hall–Kier alpha value is -2.53. The van der Waals surface area contributed by atoms with Gasteiger partial charge in [-0.05, 0) is 69.6 Å². The van der Waals surface area contributed by atoms with Crippen molar-refractivity contribution in [3.63, 3.8) is 0 Å². The minimum absolute atomic E-state index is 0.0101. The summed E-state index contributed by atoms with van der Waals surface area (Å²) < 4.78 is 32.9. The first-order chi connectivity index (χ1) is 19.6. The molecule has 11 heteroatoms. The molecule has 1 aliphatic carbocycles. The summed E-state index contributed by atoms with van der Waals surface area (Å²) in [4.78, 5) is 17.4. The summed E-state index contributed by atoms with van der Waals surface area (Å²) in [7, 11) is -1.19. The highest BCUT2D eigenvalue weighted by Gasteiger charge is 2.49. The van der Waals surface area contributed by atoms with Crippen LogP contribution in [-0.4, -0.2) is 41.4 Å². The lowest BCUT2D eigenvalue weighted by Crippen LogP contribution is -2.48. The van der Waals surface area contributed by atoms with Gasteiger partial charge in [0.2, 0.25) is 5.95 Å². The Kier molecular flexibility index (Phi) is 7.63. The van der Waals surface area contributed by atoms with Crippen LogP contribution < -0.4 is 9.62 Å². The van der Waals surface area contributed by atoms with E-state index in [-0.39, 0.29) is 16.2 Å². The first-order valence-corrected chi connectivity index (χ1v) is 16.2. The van der Waals surface area contributed by atoms with Crippen LogP contribution in [0.3, 0.4) is 0 Å². The smallest absolute Gasteiger partial charge is 0.211 e. The number of aryl methyl sites for hydroxylation is 1. The van der Waals surface area contributed by atoms with E-state index in [9.17, 15) is 8.60 Å². The van der Waals surface area contributed by atoms with Crippen molar-refractivity contribution in [1.29, 1.82) is 0 Å². The van der Waals surface area contributed by atoms with E-state index in [2.05, 4.69) is 43.9 Å². The van der Waals surface area contributed by atoms with Gasteiger partial charge in [0.1, 0.15) is 6.67 Å². The van der Waals surface area contributed by atoms with E-state index in [1.165, 1.54) is 22.9 Å². The second-order valence-corrected chi connectivity index (χ2v) is 15.3. The summed E-state index contributed by atoms with van der Waals surface area (Å²) in [5.74, 6) is 0.694. The van der Waals surface area contributed by atoms with Gasteiger partial charge in [-0.25, -0.2) is 23.3 Å². The highest BCUT2D eigenvalue weighted by Crippen LogP contribution is 2.52. The molecule has 7 nitrogen and oxygen atoms in total. The maximum absolute atomic E-state index is 14.5. The number of halogens is 2. The summed E-state index contributed by atoms with van der Waals surface area (Å²) in [5.41, 5.74) is 4.25. The summed E-state index contributed by atoms with van der Waals surface area (Å²) in [6.45, 7) is 8.65. The van der Waals surface area contributed by atoms with E-state index in [1.54, 1.807) is 12.4 Å². The van der Waals surface area contributed by atoms with Crippen molar-refractivity contribution in [2.75, 3.05) is 18.0 Å².